The number of hydrogen-bond acceptors (Lipinski definition) is 3. The molecule has 1 heterocycles. The van der Waals surface area contributed by atoms with Crippen molar-refractivity contribution in [1.82, 2.24) is 9.80 Å². The van der Waals surface area contributed by atoms with Crippen LogP contribution in [0.15, 0.2) is 0 Å². The first-order valence-corrected chi connectivity index (χ1v) is 7.78. The van der Waals surface area contributed by atoms with Gasteiger partial charge in [-0.1, -0.05) is 33.6 Å². The molecule has 1 unspecified atom stereocenters. The molecule has 0 aromatic carbocycles. The average molecular weight is 255 g/mol. The molecule has 1 fully saturated rings. The van der Waals surface area contributed by atoms with Gasteiger partial charge in [-0.3, -0.25) is 4.90 Å². The van der Waals surface area contributed by atoms with Gasteiger partial charge in [0.1, 0.15) is 0 Å². The van der Waals surface area contributed by atoms with Gasteiger partial charge in [-0.15, -0.1) is 0 Å². The highest BCUT2D eigenvalue weighted by atomic mass is 15.3. The maximum Gasteiger partial charge on any atom is 0.0332 e. The van der Waals surface area contributed by atoms with Crippen molar-refractivity contribution >= 4 is 0 Å². The highest BCUT2D eigenvalue weighted by molar-refractivity contribution is 4.95. The number of nitrogens with zero attached hydrogens (tertiary/aromatic N) is 2. The van der Waals surface area contributed by atoms with Crippen molar-refractivity contribution in [3.8, 4) is 0 Å². The summed E-state index contributed by atoms with van der Waals surface area (Å²) < 4.78 is 0. The molecule has 1 aliphatic rings. The Morgan fingerprint density at radius 1 is 1.11 bits per heavy atom. The Kier molecular flexibility index (Phi) is 6.61. The molecule has 0 amide bonds. The first kappa shape index (κ1) is 15.9. The lowest BCUT2D eigenvalue weighted by Crippen LogP contribution is -2.62. The van der Waals surface area contributed by atoms with E-state index >= 15 is 0 Å². The first-order chi connectivity index (χ1) is 8.63. The third kappa shape index (κ3) is 3.46. The van der Waals surface area contributed by atoms with Crippen molar-refractivity contribution in [3.05, 3.63) is 0 Å². The van der Waals surface area contributed by atoms with E-state index in [1.54, 1.807) is 0 Å². The van der Waals surface area contributed by atoms with Crippen LogP contribution in [0.4, 0.5) is 0 Å². The monoisotopic (exact) mass is 255 g/mol. The number of nitrogens with two attached hydrogens (primary N) is 1. The molecular formula is C15H33N3. The van der Waals surface area contributed by atoms with Crippen LogP contribution in [0, 0.1) is 0 Å². The van der Waals surface area contributed by atoms with E-state index in [4.69, 9.17) is 5.73 Å². The summed E-state index contributed by atoms with van der Waals surface area (Å²) in [5, 5.41) is 0. The molecule has 1 atom stereocenters. The van der Waals surface area contributed by atoms with Crippen molar-refractivity contribution in [3.63, 3.8) is 0 Å². The maximum absolute atomic E-state index is 6.18. The Hall–Kier alpha value is -0.120. The Bertz CT molecular complexity index is 224. The molecule has 108 valence electrons. The van der Waals surface area contributed by atoms with Crippen molar-refractivity contribution in [2.24, 2.45) is 5.73 Å². The number of rotatable bonds is 7. The van der Waals surface area contributed by atoms with E-state index in [2.05, 4.69) is 37.6 Å². The van der Waals surface area contributed by atoms with Crippen LogP contribution in [0.3, 0.4) is 0 Å². The zero-order valence-electron chi connectivity index (χ0n) is 12.9. The maximum atomic E-state index is 6.18. The van der Waals surface area contributed by atoms with Crippen LogP contribution >= 0.6 is 0 Å². The predicted molar refractivity (Wildman–Crippen MR) is 79.9 cm³/mol. The van der Waals surface area contributed by atoms with Gasteiger partial charge in [0.2, 0.25) is 0 Å². The van der Waals surface area contributed by atoms with Gasteiger partial charge >= 0.3 is 0 Å². The third-order valence-corrected chi connectivity index (χ3v) is 4.73. The summed E-state index contributed by atoms with van der Waals surface area (Å²) in [6.45, 7) is 11.3. The molecule has 0 saturated carbocycles. The van der Waals surface area contributed by atoms with E-state index < -0.39 is 0 Å². The van der Waals surface area contributed by atoms with E-state index in [1.165, 1.54) is 51.7 Å². The van der Waals surface area contributed by atoms with Crippen molar-refractivity contribution < 1.29 is 0 Å². The average Bonchev–Trinajstić information content (AvgIpc) is 2.39. The first-order valence-electron chi connectivity index (χ1n) is 7.78. The lowest BCUT2D eigenvalue weighted by Gasteiger charge is -2.50. The Morgan fingerprint density at radius 3 is 2.17 bits per heavy atom. The van der Waals surface area contributed by atoms with Crippen LogP contribution in [0.5, 0.6) is 0 Å². The Morgan fingerprint density at radius 2 is 1.72 bits per heavy atom. The van der Waals surface area contributed by atoms with E-state index in [0.29, 0.717) is 6.04 Å². The van der Waals surface area contributed by atoms with Crippen LogP contribution in [-0.2, 0) is 0 Å². The molecule has 3 nitrogen and oxygen atoms in total. The van der Waals surface area contributed by atoms with E-state index in [1.807, 2.05) is 0 Å². The van der Waals surface area contributed by atoms with Gasteiger partial charge in [0.25, 0.3) is 0 Å². The summed E-state index contributed by atoms with van der Waals surface area (Å²) >= 11 is 0. The van der Waals surface area contributed by atoms with Gasteiger partial charge in [0.05, 0.1) is 0 Å². The molecule has 0 aliphatic carbocycles. The summed E-state index contributed by atoms with van der Waals surface area (Å²) in [7, 11) is 2.26. The van der Waals surface area contributed by atoms with Crippen LogP contribution < -0.4 is 5.73 Å². The standard InChI is InChI=1S/C15H33N3/c1-5-8-15(13-16,9-6-2)18-11-10-17(4)14(7-3)12-18/h14H,5-13,16H2,1-4H3. The normalized spacial score (nSPS) is 23.5. The molecule has 1 saturated heterocycles. The van der Waals surface area contributed by atoms with E-state index in [9.17, 15) is 0 Å². The fourth-order valence-electron chi connectivity index (χ4n) is 3.52. The lowest BCUT2D eigenvalue weighted by molar-refractivity contribution is 0.00183. The highest BCUT2D eigenvalue weighted by Crippen LogP contribution is 2.29. The number of hydrogen-bond donors (Lipinski definition) is 1. The van der Waals surface area contributed by atoms with Gasteiger partial charge in [-0.05, 0) is 26.3 Å². The summed E-state index contributed by atoms with van der Waals surface area (Å²) in [5.74, 6) is 0. The molecule has 0 aromatic heterocycles. The molecule has 1 rings (SSSR count). The van der Waals surface area contributed by atoms with Gasteiger partial charge in [-0.25, -0.2) is 0 Å². The summed E-state index contributed by atoms with van der Waals surface area (Å²) in [6, 6.07) is 0.707. The minimum absolute atomic E-state index is 0.262. The zero-order valence-corrected chi connectivity index (χ0v) is 12.9. The van der Waals surface area contributed by atoms with Crippen molar-refractivity contribution in [2.45, 2.75) is 64.5 Å². The predicted octanol–water partition coefficient (Wildman–Crippen LogP) is 2.31. The minimum atomic E-state index is 0.262. The fourth-order valence-corrected chi connectivity index (χ4v) is 3.52. The number of likely N-dealkylation sites (N-methyl/N-ethyl adjacent to an activating group) is 1. The zero-order chi connectivity index (χ0) is 13.6. The molecule has 0 radical (unpaired) electrons. The fraction of sp³-hybridized carbons (Fsp3) is 1.00. The lowest BCUT2D eigenvalue weighted by atomic mass is 9.85. The van der Waals surface area contributed by atoms with E-state index in [-0.39, 0.29) is 5.54 Å². The van der Waals surface area contributed by atoms with Crippen LogP contribution in [0.1, 0.15) is 52.9 Å². The molecule has 0 spiro atoms. The van der Waals surface area contributed by atoms with Crippen LogP contribution in [-0.4, -0.2) is 54.6 Å². The topological polar surface area (TPSA) is 32.5 Å². The van der Waals surface area contributed by atoms with Gasteiger partial charge < -0.3 is 10.6 Å². The highest BCUT2D eigenvalue weighted by Gasteiger charge is 2.37. The molecule has 3 heteroatoms. The van der Waals surface area contributed by atoms with Crippen LogP contribution in [0.25, 0.3) is 0 Å². The second kappa shape index (κ2) is 7.46. The number of piperazine rings is 1. The van der Waals surface area contributed by atoms with Gasteiger partial charge in [0.15, 0.2) is 0 Å². The second-order valence-electron chi connectivity index (χ2n) is 5.92. The van der Waals surface area contributed by atoms with Gasteiger partial charge in [0, 0.05) is 37.8 Å². The molecule has 2 N–H and O–H groups in total. The molecular weight excluding hydrogens is 222 g/mol. The second-order valence-corrected chi connectivity index (χ2v) is 5.92. The molecule has 18 heavy (non-hydrogen) atoms. The molecule has 0 aromatic rings. The van der Waals surface area contributed by atoms with E-state index in [0.717, 1.165) is 6.54 Å². The van der Waals surface area contributed by atoms with Crippen molar-refractivity contribution in [2.75, 3.05) is 33.2 Å². The largest absolute Gasteiger partial charge is 0.329 e. The van der Waals surface area contributed by atoms with Crippen molar-refractivity contribution in [1.29, 1.82) is 0 Å². The Labute approximate surface area is 114 Å². The summed E-state index contributed by atoms with van der Waals surface area (Å²) in [5.41, 5.74) is 6.44. The summed E-state index contributed by atoms with van der Waals surface area (Å²) in [6.07, 6.45) is 6.21. The quantitative estimate of drug-likeness (QED) is 0.758. The molecule has 0 bridgehead atoms. The van der Waals surface area contributed by atoms with Crippen LogP contribution in [0.2, 0.25) is 0 Å². The Balaban J connectivity index is 2.78. The van der Waals surface area contributed by atoms with Gasteiger partial charge in [-0.2, -0.15) is 0 Å². The minimum Gasteiger partial charge on any atom is -0.329 e. The smallest absolute Gasteiger partial charge is 0.0332 e. The molecule has 1 aliphatic heterocycles. The SMILES string of the molecule is CCCC(CN)(CCC)N1CCN(C)C(CC)C1. The third-order valence-electron chi connectivity index (χ3n) is 4.73. The summed E-state index contributed by atoms with van der Waals surface area (Å²) in [4.78, 5) is 5.21.